The highest BCUT2D eigenvalue weighted by Gasteiger charge is 2.39. The Hall–Kier alpha value is -3.41. The molecule has 0 spiro atoms. The lowest BCUT2D eigenvalue weighted by atomic mass is 10.0. The van der Waals surface area contributed by atoms with Crippen molar-refractivity contribution in [3.8, 4) is 5.75 Å². The zero-order valence-corrected chi connectivity index (χ0v) is 24.0. The van der Waals surface area contributed by atoms with Crippen LogP contribution in [0.1, 0.15) is 30.1 Å². The van der Waals surface area contributed by atoms with E-state index in [1.54, 1.807) is 31.2 Å². The second-order valence-electron chi connectivity index (χ2n) is 10.8. The van der Waals surface area contributed by atoms with E-state index in [1.807, 2.05) is 25.1 Å². The van der Waals surface area contributed by atoms with Crippen molar-refractivity contribution in [2.45, 2.75) is 31.8 Å². The van der Waals surface area contributed by atoms with Gasteiger partial charge < -0.3 is 34.8 Å². The number of carbonyl (C=O) groups excluding carboxylic acids is 2. The van der Waals surface area contributed by atoms with Crippen LogP contribution in [0, 0.1) is 0 Å². The van der Waals surface area contributed by atoms with Crippen molar-refractivity contribution in [2.75, 3.05) is 88.8 Å². The van der Waals surface area contributed by atoms with Crippen LogP contribution in [0.2, 0.25) is 0 Å². The van der Waals surface area contributed by atoms with Gasteiger partial charge in [0.1, 0.15) is 17.6 Å². The average molecular weight is 552 g/mol. The number of piperazine rings is 1. The van der Waals surface area contributed by atoms with Crippen LogP contribution in [0.15, 0.2) is 30.3 Å². The predicted octanol–water partition coefficient (Wildman–Crippen LogP) is 2.16. The molecule has 2 fully saturated rings. The number of hydrogen-bond donors (Lipinski definition) is 2. The number of carbonyl (C=O) groups is 2. The molecular formula is C29H41N7O4. The van der Waals surface area contributed by atoms with E-state index >= 15 is 0 Å². The molecule has 1 aromatic carbocycles. The van der Waals surface area contributed by atoms with Crippen LogP contribution in [0.5, 0.6) is 5.75 Å². The lowest BCUT2D eigenvalue weighted by Gasteiger charge is -2.44. The van der Waals surface area contributed by atoms with Crippen LogP contribution in [-0.2, 0) is 9.53 Å². The number of ether oxygens (including phenoxy) is 2. The smallest absolute Gasteiger partial charge is 0.251 e. The van der Waals surface area contributed by atoms with Crippen molar-refractivity contribution >= 4 is 34.8 Å². The molecule has 2 aromatic rings. The maximum absolute atomic E-state index is 13.0. The van der Waals surface area contributed by atoms with Gasteiger partial charge in [-0.05, 0) is 57.1 Å². The molecule has 0 radical (unpaired) electrons. The van der Waals surface area contributed by atoms with E-state index in [4.69, 9.17) is 14.5 Å². The van der Waals surface area contributed by atoms with Gasteiger partial charge >= 0.3 is 0 Å². The minimum atomic E-state index is -0.313. The number of nitrogens with one attached hydrogen (secondary N) is 2. The zero-order valence-electron chi connectivity index (χ0n) is 24.0. The van der Waals surface area contributed by atoms with Crippen LogP contribution in [-0.4, -0.2) is 112 Å². The van der Waals surface area contributed by atoms with Gasteiger partial charge in [-0.15, -0.1) is 0 Å². The fourth-order valence-electron chi connectivity index (χ4n) is 5.69. The van der Waals surface area contributed by atoms with Gasteiger partial charge in [0.05, 0.1) is 18.5 Å². The van der Waals surface area contributed by atoms with Crippen LogP contribution in [0.25, 0.3) is 0 Å². The molecule has 0 unspecified atom stereocenters. The lowest BCUT2D eigenvalue weighted by molar-refractivity contribution is -0.119. The Morgan fingerprint density at radius 1 is 1.10 bits per heavy atom. The average Bonchev–Trinajstić information content (AvgIpc) is 2.98. The molecule has 4 heterocycles. The highest BCUT2D eigenvalue weighted by Crippen LogP contribution is 2.39. The molecule has 1 aromatic heterocycles. The number of anilines is 4. The van der Waals surface area contributed by atoms with Crippen molar-refractivity contribution in [1.29, 1.82) is 0 Å². The first kappa shape index (κ1) is 28.1. The summed E-state index contributed by atoms with van der Waals surface area (Å²) in [7, 11) is 5.52. The Morgan fingerprint density at radius 3 is 2.58 bits per heavy atom. The summed E-state index contributed by atoms with van der Waals surface area (Å²) in [6.07, 6.45) is 1.71. The van der Waals surface area contributed by atoms with Crippen LogP contribution in [0.4, 0.5) is 23.0 Å². The fourth-order valence-corrected chi connectivity index (χ4v) is 5.69. The number of benzene rings is 1. The van der Waals surface area contributed by atoms with Gasteiger partial charge in [-0.1, -0.05) is 0 Å². The summed E-state index contributed by atoms with van der Waals surface area (Å²) in [4.78, 5) is 39.3. The molecule has 2 N–H and O–H groups in total. The first-order valence-electron chi connectivity index (χ1n) is 14.1. The first-order chi connectivity index (χ1) is 19.4. The molecular weight excluding hydrogens is 510 g/mol. The molecule has 0 aliphatic carbocycles. The van der Waals surface area contributed by atoms with Crippen molar-refractivity contribution in [3.05, 3.63) is 35.9 Å². The molecule has 0 bridgehead atoms. The molecule has 11 nitrogen and oxygen atoms in total. The molecule has 3 aliphatic heterocycles. The van der Waals surface area contributed by atoms with Crippen molar-refractivity contribution < 1.29 is 19.1 Å². The van der Waals surface area contributed by atoms with E-state index in [0.717, 1.165) is 57.1 Å². The molecule has 2 amide bonds. The number of fused-ring (bicyclic) bond motifs is 1. The van der Waals surface area contributed by atoms with Gasteiger partial charge in [0.2, 0.25) is 5.91 Å². The van der Waals surface area contributed by atoms with Gasteiger partial charge in [0.15, 0.2) is 5.82 Å². The summed E-state index contributed by atoms with van der Waals surface area (Å²) in [5.74, 6) is 1.89. The summed E-state index contributed by atoms with van der Waals surface area (Å²) in [5, 5.41) is 6.39. The molecule has 2 saturated heterocycles. The minimum Gasteiger partial charge on any atom is -0.495 e. The molecule has 1 atom stereocenters. The number of amides is 2. The fraction of sp³-hybridized carbons (Fsp3) is 0.552. The predicted molar refractivity (Wildman–Crippen MR) is 156 cm³/mol. The Balaban J connectivity index is 1.29. The Labute approximate surface area is 236 Å². The first-order valence-corrected chi connectivity index (χ1v) is 14.1. The van der Waals surface area contributed by atoms with Gasteiger partial charge in [-0.3, -0.25) is 14.5 Å². The second-order valence-corrected chi connectivity index (χ2v) is 10.8. The molecule has 40 heavy (non-hydrogen) atoms. The van der Waals surface area contributed by atoms with Gasteiger partial charge in [0, 0.05) is 71.1 Å². The number of methoxy groups -OCH3 is 1. The number of pyridine rings is 1. The molecule has 0 saturated carbocycles. The van der Waals surface area contributed by atoms with E-state index in [9.17, 15) is 9.59 Å². The Kier molecular flexibility index (Phi) is 8.72. The van der Waals surface area contributed by atoms with E-state index in [-0.39, 0.29) is 23.9 Å². The molecule has 11 heteroatoms. The monoisotopic (exact) mass is 551 g/mol. The highest BCUT2D eigenvalue weighted by atomic mass is 16.5. The normalized spacial score (nSPS) is 20.8. The highest BCUT2D eigenvalue weighted by molar-refractivity contribution is 6.04. The molecule has 3 aliphatic rings. The van der Waals surface area contributed by atoms with Crippen molar-refractivity contribution in [2.24, 2.45) is 0 Å². The van der Waals surface area contributed by atoms with E-state index in [2.05, 4.69) is 32.4 Å². The Morgan fingerprint density at radius 2 is 1.85 bits per heavy atom. The lowest BCUT2D eigenvalue weighted by Crippen LogP contribution is -2.56. The SMILES string of the molecule is COc1cc(C(=O)NCCN2CCN(C)CC2)ccc1Nc1ccc2c(n1)N(C1CCOCC1)[C@H](C)C(=O)N2C. The van der Waals surface area contributed by atoms with Crippen molar-refractivity contribution in [3.63, 3.8) is 0 Å². The summed E-state index contributed by atoms with van der Waals surface area (Å²) >= 11 is 0. The summed E-state index contributed by atoms with van der Waals surface area (Å²) in [6, 6.07) is 9.03. The third kappa shape index (κ3) is 6.01. The zero-order chi connectivity index (χ0) is 28.2. The standard InChI is InChI=1S/C29H41N7O4/c1-20-29(38)34(3)24-7-8-26(32-27(24)36(20)22-9-17-40-18-10-22)31-23-6-5-21(19-25(23)39-4)28(37)30-11-12-35-15-13-33(2)14-16-35/h5-8,19-20,22H,9-18H2,1-4H3,(H,30,37)(H,31,32)/t20-/m1/s1. The minimum absolute atomic E-state index is 0.0561. The third-order valence-corrected chi connectivity index (χ3v) is 8.19. The van der Waals surface area contributed by atoms with E-state index in [0.29, 0.717) is 42.6 Å². The third-order valence-electron chi connectivity index (χ3n) is 8.19. The van der Waals surface area contributed by atoms with Crippen LogP contribution in [0.3, 0.4) is 0 Å². The largest absolute Gasteiger partial charge is 0.495 e. The van der Waals surface area contributed by atoms with Gasteiger partial charge in [-0.25, -0.2) is 4.98 Å². The maximum Gasteiger partial charge on any atom is 0.251 e. The van der Waals surface area contributed by atoms with E-state index in [1.165, 1.54) is 0 Å². The van der Waals surface area contributed by atoms with Crippen LogP contribution >= 0.6 is 0 Å². The number of aromatic nitrogens is 1. The van der Waals surface area contributed by atoms with E-state index < -0.39 is 0 Å². The van der Waals surface area contributed by atoms with Crippen molar-refractivity contribution in [1.82, 2.24) is 20.1 Å². The second kappa shape index (κ2) is 12.4. The topological polar surface area (TPSA) is 103 Å². The summed E-state index contributed by atoms with van der Waals surface area (Å²) in [5.41, 5.74) is 2.03. The maximum atomic E-state index is 13.0. The van der Waals surface area contributed by atoms with Crippen LogP contribution < -0.4 is 25.2 Å². The Bertz CT molecular complexity index is 1210. The number of hydrogen-bond acceptors (Lipinski definition) is 9. The number of rotatable bonds is 8. The van der Waals surface area contributed by atoms with Gasteiger partial charge in [-0.2, -0.15) is 0 Å². The summed E-state index contributed by atoms with van der Waals surface area (Å²) in [6.45, 7) is 8.90. The van der Waals surface area contributed by atoms with Gasteiger partial charge in [0.25, 0.3) is 5.91 Å². The number of nitrogens with zero attached hydrogens (tertiary/aromatic N) is 5. The summed E-state index contributed by atoms with van der Waals surface area (Å²) < 4.78 is 11.2. The molecule has 216 valence electrons. The quantitative estimate of drug-likeness (QED) is 0.511. The molecule has 5 rings (SSSR count). The number of likely N-dealkylation sites (N-methyl/N-ethyl adjacent to an activating group) is 2.